The molecule has 34 heavy (non-hydrogen) atoms. The van der Waals surface area contributed by atoms with Crippen molar-refractivity contribution in [2.24, 2.45) is 0 Å². The Morgan fingerprint density at radius 3 is 2.50 bits per heavy atom. The average Bonchev–Trinajstić information content (AvgIpc) is 3.50. The van der Waals surface area contributed by atoms with Crippen molar-refractivity contribution in [3.05, 3.63) is 108 Å². The first-order valence-corrected chi connectivity index (χ1v) is 13.1. The molecule has 2 aliphatic rings. The van der Waals surface area contributed by atoms with Crippen molar-refractivity contribution in [1.82, 2.24) is 9.78 Å². The van der Waals surface area contributed by atoms with E-state index in [4.69, 9.17) is 0 Å². The van der Waals surface area contributed by atoms with Crippen LogP contribution in [0.15, 0.2) is 80.5 Å². The number of fused-ring (bicyclic) bond motifs is 3. The van der Waals surface area contributed by atoms with Gasteiger partial charge in [-0.05, 0) is 94.5 Å². The maximum atomic E-state index is 13.2. The SMILES string of the molecule is C=c1[nH]n(-c2ccccc2)c(=O)/c1=C\c1cc(Br)c2c(c1)C1CCCC1N2c1ccc(Br)cc1. The molecule has 2 heterocycles. The largest absolute Gasteiger partial charge is 0.337 e. The molecule has 1 N–H and O–H groups in total. The normalized spacial score (nSPS) is 19.5. The van der Waals surface area contributed by atoms with E-state index in [0.29, 0.717) is 22.5 Å². The first-order valence-electron chi connectivity index (χ1n) is 11.5. The third kappa shape index (κ3) is 3.51. The van der Waals surface area contributed by atoms with Crippen LogP contribution in [0.2, 0.25) is 0 Å². The lowest BCUT2D eigenvalue weighted by atomic mass is 9.96. The van der Waals surface area contributed by atoms with Crippen LogP contribution in [0.25, 0.3) is 18.3 Å². The summed E-state index contributed by atoms with van der Waals surface area (Å²) in [5.74, 6) is 0.495. The van der Waals surface area contributed by atoms with Crippen molar-refractivity contribution in [3.8, 4) is 5.69 Å². The summed E-state index contributed by atoms with van der Waals surface area (Å²) < 4.78 is 3.69. The smallest absolute Gasteiger partial charge is 0.279 e. The van der Waals surface area contributed by atoms with Crippen LogP contribution >= 0.6 is 31.9 Å². The molecular weight excluding hydrogens is 554 g/mol. The van der Waals surface area contributed by atoms with Gasteiger partial charge >= 0.3 is 0 Å². The molecule has 1 aliphatic heterocycles. The lowest BCUT2D eigenvalue weighted by Gasteiger charge is -2.28. The van der Waals surface area contributed by atoms with Gasteiger partial charge in [-0.25, -0.2) is 4.68 Å². The maximum Gasteiger partial charge on any atom is 0.279 e. The lowest BCUT2D eigenvalue weighted by Crippen LogP contribution is -2.33. The van der Waals surface area contributed by atoms with Gasteiger partial charge in [-0.3, -0.25) is 9.89 Å². The van der Waals surface area contributed by atoms with Gasteiger partial charge < -0.3 is 4.90 Å². The molecule has 1 saturated carbocycles. The van der Waals surface area contributed by atoms with Gasteiger partial charge in [0.1, 0.15) is 0 Å². The number of H-pyrrole nitrogens is 1. The molecule has 6 heteroatoms. The molecule has 0 spiro atoms. The molecule has 2 unspecified atom stereocenters. The summed E-state index contributed by atoms with van der Waals surface area (Å²) in [4.78, 5) is 15.7. The number of hydrogen-bond acceptors (Lipinski definition) is 2. The molecule has 2 atom stereocenters. The number of aromatic amines is 1. The first-order chi connectivity index (χ1) is 16.5. The third-order valence-electron chi connectivity index (χ3n) is 7.00. The quantitative estimate of drug-likeness (QED) is 0.339. The Bertz CT molecular complexity index is 1550. The van der Waals surface area contributed by atoms with Gasteiger partial charge in [-0.1, -0.05) is 47.1 Å². The standard InChI is InChI=1S/C28H23Br2N3O/c1-17-23(28(34)33(31-17)21-6-3-2-4-7-21)14-18-15-24-22-8-5-9-26(22)32(27(24)25(30)16-18)20-12-10-19(29)11-13-20/h2-4,6-7,10-16,22,26,31H,1,5,8-9H2/b23-14-. The minimum absolute atomic E-state index is 0.0944. The number of benzene rings is 3. The van der Waals surface area contributed by atoms with E-state index in [1.165, 1.54) is 36.2 Å². The van der Waals surface area contributed by atoms with Crippen molar-refractivity contribution in [2.75, 3.05) is 4.90 Å². The van der Waals surface area contributed by atoms with Crippen LogP contribution in [0.4, 0.5) is 11.4 Å². The van der Waals surface area contributed by atoms with E-state index in [0.717, 1.165) is 20.2 Å². The summed E-state index contributed by atoms with van der Waals surface area (Å²) in [6.45, 7) is 4.10. The highest BCUT2D eigenvalue weighted by Crippen LogP contribution is 2.55. The van der Waals surface area contributed by atoms with E-state index in [1.54, 1.807) is 4.68 Å². The number of nitrogens with zero attached hydrogens (tertiary/aromatic N) is 2. The highest BCUT2D eigenvalue weighted by Gasteiger charge is 2.43. The molecule has 0 amide bonds. The van der Waals surface area contributed by atoms with Gasteiger partial charge in [0, 0.05) is 26.6 Å². The molecular formula is C28H23Br2N3O. The topological polar surface area (TPSA) is 41.0 Å². The monoisotopic (exact) mass is 575 g/mol. The summed E-state index contributed by atoms with van der Waals surface area (Å²) >= 11 is 7.43. The Balaban J connectivity index is 1.48. The molecule has 0 bridgehead atoms. The Hall–Kier alpha value is -2.83. The van der Waals surface area contributed by atoms with Crippen LogP contribution in [-0.4, -0.2) is 15.8 Å². The van der Waals surface area contributed by atoms with Crippen LogP contribution < -0.4 is 21.0 Å². The van der Waals surface area contributed by atoms with Gasteiger partial charge in [0.2, 0.25) is 0 Å². The Morgan fingerprint density at radius 1 is 0.971 bits per heavy atom. The number of anilines is 2. The number of hydrogen-bond donors (Lipinski definition) is 1. The van der Waals surface area contributed by atoms with E-state index < -0.39 is 0 Å². The number of halogens is 2. The van der Waals surface area contributed by atoms with E-state index in [9.17, 15) is 4.79 Å². The molecule has 0 radical (unpaired) electrons. The number of nitrogens with one attached hydrogen (secondary N) is 1. The van der Waals surface area contributed by atoms with Crippen molar-refractivity contribution in [2.45, 2.75) is 31.2 Å². The lowest BCUT2D eigenvalue weighted by molar-refractivity contribution is 0.641. The van der Waals surface area contributed by atoms with Crippen molar-refractivity contribution in [1.29, 1.82) is 0 Å². The molecule has 6 rings (SSSR count). The molecule has 170 valence electrons. The van der Waals surface area contributed by atoms with Crippen molar-refractivity contribution >= 4 is 55.9 Å². The summed E-state index contributed by atoms with van der Waals surface area (Å²) in [6.07, 6.45) is 5.56. The second kappa shape index (κ2) is 8.43. The van der Waals surface area contributed by atoms with Crippen LogP contribution in [0.1, 0.15) is 36.3 Å². The van der Waals surface area contributed by atoms with Gasteiger partial charge in [0.15, 0.2) is 0 Å². The highest BCUT2D eigenvalue weighted by molar-refractivity contribution is 9.10. The summed E-state index contributed by atoms with van der Waals surface area (Å²) in [7, 11) is 0. The third-order valence-corrected chi connectivity index (χ3v) is 8.14. The predicted octanol–water partition coefficient (Wildman–Crippen LogP) is 5.72. The second-order valence-corrected chi connectivity index (χ2v) is 10.8. The molecule has 1 aliphatic carbocycles. The van der Waals surface area contributed by atoms with Crippen molar-refractivity contribution in [3.63, 3.8) is 0 Å². The van der Waals surface area contributed by atoms with E-state index in [-0.39, 0.29) is 5.56 Å². The zero-order valence-corrected chi connectivity index (χ0v) is 21.6. The van der Waals surface area contributed by atoms with E-state index in [1.807, 2.05) is 36.4 Å². The van der Waals surface area contributed by atoms with E-state index >= 15 is 0 Å². The van der Waals surface area contributed by atoms with Crippen LogP contribution in [0.5, 0.6) is 0 Å². The number of rotatable bonds is 3. The maximum absolute atomic E-state index is 13.2. The van der Waals surface area contributed by atoms with Crippen LogP contribution in [0, 0.1) is 0 Å². The molecule has 1 fully saturated rings. The average molecular weight is 577 g/mol. The molecule has 3 aromatic carbocycles. The van der Waals surface area contributed by atoms with Gasteiger partial charge in [-0.15, -0.1) is 0 Å². The van der Waals surface area contributed by atoms with Crippen molar-refractivity contribution < 1.29 is 0 Å². The minimum Gasteiger partial charge on any atom is -0.337 e. The minimum atomic E-state index is -0.0944. The van der Waals surface area contributed by atoms with Gasteiger partial charge in [-0.2, -0.15) is 0 Å². The number of aromatic nitrogens is 2. The summed E-state index contributed by atoms with van der Waals surface area (Å²) in [6, 6.07) is 23.0. The summed E-state index contributed by atoms with van der Waals surface area (Å²) in [5.41, 5.74) is 5.53. The molecule has 1 aromatic heterocycles. The Labute approximate surface area is 214 Å². The van der Waals surface area contributed by atoms with Gasteiger partial charge in [0.05, 0.1) is 21.9 Å². The van der Waals surface area contributed by atoms with Gasteiger partial charge in [0.25, 0.3) is 5.56 Å². The molecule has 0 saturated heterocycles. The zero-order valence-electron chi connectivity index (χ0n) is 18.5. The fourth-order valence-electron chi connectivity index (χ4n) is 5.53. The summed E-state index contributed by atoms with van der Waals surface area (Å²) in [5, 5.41) is 4.32. The zero-order chi connectivity index (χ0) is 23.4. The molecule has 4 aromatic rings. The fraction of sp³-hybridized carbons (Fsp3) is 0.179. The van der Waals surface area contributed by atoms with E-state index in [2.05, 4.69) is 84.8 Å². The fourth-order valence-corrected chi connectivity index (χ4v) is 6.48. The number of para-hydroxylation sites is 1. The Morgan fingerprint density at radius 2 is 1.74 bits per heavy atom. The second-order valence-electron chi connectivity index (χ2n) is 9.02. The Kier molecular flexibility index (Phi) is 5.38. The van der Waals surface area contributed by atoms with Crippen LogP contribution in [0.3, 0.4) is 0 Å². The first kappa shape index (κ1) is 21.7. The van der Waals surface area contributed by atoms with Crippen LogP contribution in [-0.2, 0) is 0 Å². The predicted molar refractivity (Wildman–Crippen MR) is 146 cm³/mol. The highest BCUT2D eigenvalue weighted by atomic mass is 79.9. The molecule has 4 nitrogen and oxygen atoms in total.